The number of fused-ring (bicyclic) bond motifs is 1. The molecule has 0 amide bonds. The van der Waals surface area contributed by atoms with E-state index < -0.39 is 0 Å². The predicted octanol–water partition coefficient (Wildman–Crippen LogP) is 1.40. The lowest BCUT2D eigenvalue weighted by Gasteiger charge is -2.16. The van der Waals surface area contributed by atoms with Gasteiger partial charge in [0.15, 0.2) is 5.43 Å². The van der Waals surface area contributed by atoms with Crippen LogP contribution in [-0.4, -0.2) is 11.3 Å². The average Bonchev–Trinajstić information content (AvgIpc) is 2.76. The van der Waals surface area contributed by atoms with Gasteiger partial charge in [-0.3, -0.25) is 4.79 Å². The lowest BCUT2D eigenvalue weighted by Crippen LogP contribution is -2.25. The van der Waals surface area contributed by atoms with E-state index in [4.69, 9.17) is 4.84 Å². The third kappa shape index (κ3) is 2.28. The highest BCUT2D eigenvalue weighted by molar-refractivity contribution is 5.25. The number of hydrogen-bond acceptors (Lipinski definition) is 3. The van der Waals surface area contributed by atoms with Crippen molar-refractivity contribution in [1.82, 2.24) is 10.0 Å². The molecule has 2 rings (SSSR count). The summed E-state index contributed by atoms with van der Waals surface area (Å²) in [5, 5.41) is 3.21. The van der Waals surface area contributed by atoms with E-state index in [9.17, 15) is 4.79 Å². The Hall–Kier alpha value is -1.71. The molecular weight excluding hydrogens is 228 g/mol. The fourth-order valence-corrected chi connectivity index (χ4v) is 2.03. The molecule has 1 N–H and O–H groups in total. The van der Waals surface area contributed by atoms with Gasteiger partial charge in [-0.25, -0.2) is 0 Å². The third-order valence-electron chi connectivity index (χ3n) is 3.37. The number of aromatic nitrogens is 1. The molecule has 1 aromatic rings. The van der Waals surface area contributed by atoms with Gasteiger partial charge in [-0.05, 0) is 12.8 Å². The maximum absolute atomic E-state index is 12.0. The molecule has 0 aromatic carbocycles. The number of nitrogens with one attached hydrogen (secondary N) is 1. The van der Waals surface area contributed by atoms with Crippen LogP contribution in [0, 0.1) is 12.8 Å². The number of allylic oxidation sites excluding steroid dienone is 1. The topological polar surface area (TPSA) is 43.3 Å². The van der Waals surface area contributed by atoms with Gasteiger partial charge in [-0.1, -0.05) is 20.4 Å². The lowest BCUT2D eigenvalue weighted by atomic mass is 10.1. The number of pyridine rings is 1. The standard InChI is InChI=1S/C14H20N2O2/c1-9(2)10(3)15-8-13-11(4)16-12(5-6-18-16)7-14(13)17/h7,9,15H,3,5-6,8H2,1-2,4H3. The van der Waals surface area contributed by atoms with Crippen LogP contribution >= 0.6 is 0 Å². The minimum absolute atomic E-state index is 0.0771. The molecule has 0 aliphatic carbocycles. The second-order valence-corrected chi connectivity index (χ2v) is 4.97. The first-order chi connectivity index (χ1) is 8.50. The molecule has 1 aromatic heterocycles. The first-order valence-corrected chi connectivity index (χ1v) is 6.31. The normalized spacial score (nSPS) is 13.3. The van der Waals surface area contributed by atoms with Gasteiger partial charge >= 0.3 is 0 Å². The van der Waals surface area contributed by atoms with Crippen LogP contribution in [0.15, 0.2) is 23.1 Å². The van der Waals surface area contributed by atoms with E-state index in [2.05, 4.69) is 25.7 Å². The Balaban J connectivity index is 2.24. The van der Waals surface area contributed by atoms with Gasteiger partial charge in [0.25, 0.3) is 0 Å². The average molecular weight is 248 g/mol. The molecule has 0 saturated carbocycles. The molecule has 0 bridgehead atoms. The maximum atomic E-state index is 12.0. The molecule has 4 heteroatoms. The zero-order valence-electron chi connectivity index (χ0n) is 11.2. The minimum Gasteiger partial charge on any atom is -0.413 e. The Morgan fingerprint density at radius 1 is 1.61 bits per heavy atom. The van der Waals surface area contributed by atoms with Crippen LogP contribution in [0.4, 0.5) is 0 Å². The summed E-state index contributed by atoms with van der Waals surface area (Å²) in [5.41, 5.74) is 3.62. The number of hydrogen-bond donors (Lipinski definition) is 1. The quantitative estimate of drug-likeness (QED) is 0.876. The molecule has 18 heavy (non-hydrogen) atoms. The van der Waals surface area contributed by atoms with Crippen LogP contribution < -0.4 is 15.6 Å². The Morgan fingerprint density at radius 2 is 2.33 bits per heavy atom. The first-order valence-electron chi connectivity index (χ1n) is 6.31. The van der Waals surface area contributed by atoms with Crippen LogP contribution in [0.5, 0.6) is 0 Å². The number of nitrogens with zero attached hydrogens (tertiary/aromatic N) is 1. The van der Waals surface area contributed by atoms with E-state index in [1.807, 2.05) is 6.92 Å². The molecule has 0 spiro atoms. The Kier molecular flexibility index (Phi) is 3.45. The van der Waals surface area contributed by atoms with E-state index in [1.54, 1.807) is 10.8 Å². The van der Waals surface area contributed by atoms with E-state index in [1.165, 1.54) is 0 Å². The molecule has 0 saturated heterocycles. The fraction of sp³-hybridized carbons (Fsp3) is 0.500. The van der Waals surface area contributed by atoms with E-state index >= 15 is 0 Å². The monoisotopic (exact) mass is 248 g/mol. The van der Waals surface area contributed by atoms with Crippen molar-refractivity contribution < 1.29 is 4.84 Å². The van der Waals surface area contributed by atoms with Gasteiger partial charge in [-0.2, -0.15) is 4.73 Å². The zero-order chi connectivity index (χ0) is 13.3. The molecule has 4 nitrogen and oxygen atoms in total. The Bertz CT molecular complexity index is 529. The van der Waals surface area contributed by atoms with Gasteiger partial charge < -0.3 is 10.2 Å². The molecule has 2 heterocycles. The highest BCUT2D eigenvalue weighted by Crippen LogP contribution is 2.12. The maximum Gasteiger partial charge on any atom is 0.187 e. The summed E-state index contributed by atoms with van der Waals surface area (Å²) < 4.78 is 1.77. The van der Waals surface area contributed by atoms with Crippen molar-refractivity contribution in [2.24, 2.45) is 5.92 Å². The fourth-order valence-electron chi connectivity index (χ4n) is 2.03. The summed E-state index contributed by atoms with van der Waals surface area (Å²) in [6, 6.07) is 1.68. The van der Waals surface area contributed by atoms with Crippen molar-refractivity contribution in [1.29, 1.82) is 0 Å². The SMILES string of the molecule is C=C(NCc1c(C)n2c(cc1=O)CCO2)C(C)C. The van der Waals surface area contributed by atoms with Gasteiger partial charge in [0.2, 0.25) is 0 Å². The van der Waals surface area contributed by atoms with Crippen molar-refractivity contribution in [3.8, 4) is 0 Å². The van der Waals surface area contributed by atoms with Crippen molar-refractivity contribution in [2.75, 3.05) is 6.61 Å². The Labute approximate surface area is 107 Å². The van der Waals surface area contributed by atoms with E-state index in [-0.39, 0.29) is 5.43 Å². The molecule has 1 aliphatic rings. The molecule has 98 valence electrons. The molecular formula is C14H20N2O2. The summed E-state index contributed by atoms with van der Waals surface area (Å²) in [6.07, 6.45) is 0.808. The van der Waals surface area contributed by atoms with Gasteiger partial charge in [0.1, 0.15) is 6.61 Å². The zero-order valence-corrected chi connectivity index (χ0v) is 11.2. The van der Waals surface area contributed by atoms with Crippen molar-refractivity contribution in [3.05, 3.63) is 45.5 Å². The third-order valence-corrected chi connectivity index (χ3v) is 3.37. The summed E-state index contributed by atoms with van der Waals surface area (Å²) in [7, 11) is 0. The van der Waals surface area contributed by atoms with E-state index in [0.29, 0.717) is 19.1 Å². The van der Waals surface area contributed by atoms with Crippen molar-refractivity contribution >= 4 is 0 Å². The molecule has 1 aliphatic heterocycles. The smallest absolute Gasteiger partial charge is 0.187 e. The number of rotatable bonds is 4. The minimum atomic E-state index is 0.0771. The van der Waals surface area contributed by atoms with Crippen molar-refractivity contribution in [3.63, 3.8) is 0 Å². The van der Waals surface area contributed by atoms with Crippen LogP contribution in [0.1, 0.15) is 30.8 Å². The summed E-state index contributed by atoms with van der Waals surface area (Å²) >= 11 is 0. The van der Waals surface area contributed by atoms with Gasteiger partial charge in [-0.15, -0.1) is 0 Å². The Morgan fingerprint density at radius 3 is 3.00 bits per heavy atom. The van der Waals surface area contributed by atoms with Crippen molar-refractivity contribution in [2.45, 2.75) is 33.7 Å². The lowest BCUT2D eigenvalue weighted by molar-refractivity contribution is 0.143. The molecule has 0 unspecified atom stereocenters. The predicted molar refractivity (Wildman–Crippen MR) is 71.4 cm³/mol. The van der Waals surface area contributed by atoms with Gasteiger partial charge in [0.05, 0.1) is 11.4 Å². The summed E-state index contributed by atoms with van der Waals surface area (Å²) in [6.45, 7) is 11.2. The van der Waals surface area contributed by atoms with Crippen LogP contribution in [0.25, 0.3) is 0 Å². The second kappa shape index (κ2) is 4.88. The summed E-state index contributed by atoms with van der Waals surface area (Å²) in [4.78, 5) is 17.6. The molecule has 0 atom stereocenters. The molecule has 0 radical (unpaired) electrons. The highest BCUT2D eigenvalue weighted by Gasteiger charge is 2.17. The largest absolute Gasteiger partial charge is 0.413 e. The van der Waals surface area contributed by atoms with Crippen LogP contribution in [0.3, 0.4) is 0 Å². The van der Waals surface area contributed by atoms with Gasteiger partial charge in [0, 0.05) is 30.3 Å². The van der Waals surface area contributed by atoms with Crippen LogP contribution in [-0.2, 0) is 13.0 Å². The second-order valence-electron chi connectivity index (χ2n) is 4.97. The summed E-state index contributed by atoms with van der Waals surface area (Å²) in [5.74, 6) is 0.360. The molecule has 0 fully saturated rings. The van der Waals surface area contributed by atoms with E-state index in [0.717, 1.165) is 29.1 Å². The highest BCUT2D eigenvalue weighted by atomic mass is 16.7. The first kappa shape index (κ1) is 12.7. The van der Waals surface area contributed by atoms with Crippen LogP contribution in [0.2, 0.25) is 0 Å².